The fraction of sp³-hybridized carbons (Fsp3) is 0.323. The molecule has 210 valence electrons. The van der Waals surface area contributed by atoms with E-state index in [1.807, 2.05) is 18.2 Å². The standard InChI is InChI=1S/C31H34N2O7/c1-36-26-17-21(18-27(37-2)30(26)38-3)29-31(28(35)24-11-7-8-12-25(24)40-29)39-20-23(34)19-32-13-15-33(16-14-32)22-9-5-4-6-10-22/h4-12,17-18,23,34H,13-16,19-20H2,1-3H3. The first kappa shape index (κ1) is 27.4. The summed E-state index contributed by atoms with van der Waals surface area (Å²) >= 11 is 0. The maximum Gasteiger partial charge on any atom is 0.235 e. The van der Waals surface area contributed by atoms with Gasteiger partial charge in [-0.2, -0.15) is 0 Å². The van der Waals surface area contributed by atoms with Crippen molar-refractivity contribution in [2.75, 3.05) is 65.6 Å². The van der Waals surface area contributed by atoms with Crippen LogP contribution in [0.3, 0.4) is 0 Å². The number of methoxy groups -OCH3 is 3. The minimum absolute atomic E-state index is 0.0147. The normalized spacial score (nSPS) is 14.7. The van der Waals surface area contributed by atoms with Gasteiger partial charge in [0.2, 0.25) is 16.9 Å². The van der Waals surface area contributed by atoms with Crippen molar-refractivity contribution in [3.8, 4) is 34.3 Å². The molecule has 0 radical (unpaired) electrons. The highest BCUT2D eigenvalue weighted by Crippen LogP contribution is 2.43. The minimum atomic E-state index is -0.804. The molecule has 1 aromatic heterocycles. The first-order valence-electron chi connectivity index (χ1n) is 13.2. The molecule has 2 heterocycles. The second kappa shape index (κ2) is 12.3. The monoisotopic (exact) mass is 546 g/mol. The van der Waals surface area contributed by atoms with Crippen molar-refractivity contribution in [2.45, 2.75) is 6.10 Å². The van der Waals surface area contributed by atoms with Crippen LogP contribution in [0.15, 0.2) is 75.9 Å². The zero-order valence-electron chi connectivity index (χ0n) is 23.0. The van der Waals surface area contributed by atoms with Crippen LogP contribution >= 0.6 is 0 Å². The summed E-state index contributed by atoms with van der Waals surface area (Å²) in [4.78, 5) is 18.1. The van der Waals surface area contributed by atoms with E-state index in [2.05, 4.69) is 21.9 Å². The molecular formula is C31H34N2O7. The Balaban J connectivity index is 1.36. The van der Waals surface area contributed by atoms with E-state index in [0.29, 0.717) is 40.3 Å². The van der Waals surface area contributed by atoms with Crippen LogP contribution in [0, 0.1) is 0 Å². The average Bonchev–Trinajstić information content (AvgIpc) is 3.00. The molecule has 1 N–H and O–H groups in total. The third-order valence-corrected chi connectivity index (χ3v) is 7.07. The van der Waals surface area contributed by atoms with Crippen molar-refractivity contribution in [1.82, 2.24) is 4.90 Å². The summed E-state index contributed by atoms with van der Waals surface area (Å²) < 4.78 is 28.7. The van der Waals surface area contributed by atoms with Crippen molar-refractivity contribution in [3.63, 3.8) is 0 Å². The van der Waals surface area contributed by atoms with Gasteiger partial charge < -0.3 is 33.4 Å². The molecule has 0 aliphatic carbocycles. The van der Waals surface area contributed by atoms with Gasteiger partial charge in [0.05, 0.1) is 26.7 Å². The number of aliphatic hydroxyl groups is 1. The molecule has 0 spiro atoms. The fourth-order valence-electron chi connectivity index (χ4n) is 5.02. The Hall–Kier alpha value is -4.21. The van der Waals surface area contributed by atoms with Gasteiger partial charge in [0, 0.05) is 44.0 Å². The van der Waals surface area contributed by atoms with Crippen molar-refractivity contribution >= 4 is 16.7 Å². The molecule has 0 saturated carbocycles. The van der Waals surface area contributed by atoms with Gasteiger partial charge in [-0.15, -0.1) is 0 Å². The maximum absolute atomic E-state index is 13.6. The molecular weight excluding hydrogens is 512 g/mol. The van der Waals surface area contributed by atoms with Crippen molar-refractivity contribution in [2.24, 2.45) is 0 Å². The van der Waals surface area contributed by atoms with E-state index in [9.17, 15) is 9.90 Å². The van der Waals surface area contributed by atoms with Crippen LogP contribution in [0.5, 0.6) is 23.0 Å². The van der Waals surface area contributed by atoms with E-state index in [1.54, 1.807) is 36.4 Å². The van der Waals surface area contributed by atoms with Gasteiger partial charge >= 0.3 is 0 Å². The largest absolute Gasteiger partial charge is 0.493 e. The summed E-state index contributed by atoms with van der Waals surface area (Å²) in [7, 11) is 4.56. The Morgan fingerprint density at radius 3 is 2.15 bits per heavy atom. The van der Waals surface area contributed by atoms with Crippen molar-refractivity contribution in [1.29, 1.82) is 0 Å². The first-order chi connectivity index (χ1) is 19.5. The van der Waals surface area contributed by atoms with Gasteiger partial charge in [0.25, 0.3) is 0 Å². The SMILES string of the molecule is COc1cc(-c2oc3ccccc3c(=O)c2OCC(O)CN2CCN(c3ccccc3)CC2)cc(OC)c1OC. The molecule has 1 saturated heterocycles. The fourth-order valence-corrected chi connectivity index (χ4v) is 5.02. The number of aliphatic hydroxyl groups excluding tert-OH is 1. The van der Waals surface area contributed by atoms with Crippen LogP contribution in [0.2, 0.25) is 0 Å². The summed E-state index contributed by atoms with van der Waals surface area (Å²) in [6.07, 6.45) is -0.804. The molecule has 5 rings (SSSR count). The summed E-state index contributed by atoms with van der Waals surface area (Å²) in [5.74, 6) is 1.47. The van der Waals surface area contributed by atoms with Gasteiger partial charge in [0.15, 0.2) is 17.3 Å². The molecule has 1 atom stereocenters. The van der Waals surface area contributed by atoms with Gasteiger partial charge in [-0.25, -0.2) is 0 Å². The molecule has 40 heavy (non-hydrogen) atoms. The molecule has 1 unspecified atom stereocenters. The number of ether oxygens (including phenoxy) is 4. The number of hydrogen-bond acceptors (Lipinski definition) is 9. The summed E-state index contributed by atoms with van der Waals surface area (Å²) in [5.41, 5.74) is 1.81. The number of fused-ring (bicyclic) bond motifs is 1. The lowest BCUT2D eigenvalue weighted by Gasteiger charge is -2.36. The lowest BCUT2D eigenvalue weighted by molar-refractivity contribution is 0.0657. The Morgan fingerprint density at radius 1 is 0.850 bits per heavy atom. The summed E-state index contributed by atoms with van der Waals surface area (Å²) in [6.45, 7) is 3.75. The average molecular weight is 547 g/mol. The Morgan fingerprint density at radius 2 is 1.50 bits per heavy atom. The van der Waals surface area contributed by atoms with Crippen LogP contribution < -0.4 is 29.3 Å². The molecule has 0 bridgehead atoms. The number of hydrogen-bond donors (Lipinski definition) is 1. The highest BCUT2D eigenvalue weighted by molar-refractivity contribution is 5.82. The molecule has 1 fully saturated rings. The number of anilines is 1. The highest BCUT2D eigenvalue weighted by Gasteiger charge is 2.24. The van der Waals surface area contributed by atoms with E-state index in [4.69, 9.17) is 23.4 Å². The first-order valence-corrected chi connectivity index (χ1v) is 13.2. The lowest BCUT2D eigenvalue weighted by Crippen LogP contribution is -2.49. The van der Waals surface area contributed by atoms with Gasteiger partial charge in [-0.3, -0.25) is 9.69 Å². The molecule has 3 aromatic carbocycles. The summed E-state index contributed by atoms with van der Waals surface area (Å²) in [5, 5.41) is 11.3. The van der Waals surface area contributed by atoms with E-state index < -0.39 is 6.10 Å². The number of benzene rings is 3. The maximum atomic E-state index is 13.6. The van der Waals surface area contributed by atoms with E-state index in [-0.39, 0.29) is 23.5 Å². The minimum Gasteiger partial charge on any atom is -0.493 e. The Kier molecular flexibility index (Phi) is 8.42. The number of nitrogens with zero attached hydrogens (tertiary/aromatic N) is 2. The molecule has 4 aromatic rings. The molecule has 0 amide bonds. The van der Waals surface area contributed by atoms with E-state index >= 15 is 0 Å². The second-order valence-corrected chi connectivity index (χ2v) is 9.59. The van der Waals surface area contributed by atoms with Crippen LogP contribution in [0.25, 0.3) is 22.3 Å². The zero-order chi connectivity index (χ0) is 28.1. The quantitative estimate of drug-likeness (QED) is 0.316. The lowest BCUT2D eigenvalue weighted by atomic mass is 10.1. The van der Waals surface area contributed by atoms with Crippen LogP contribution in [0.4, 0.5) is 5.69 Å². The van der Waals surface area contributed by atoms with Gasteiger partial charge in [-0.1, -0.05) is 30.3 Å². The van der Waals surface area contributed by atoms with Crippen LogP contribution in [-0.4, -0.2) is 76.8 Å². The predicted octanol–water partition coefficient (Wildman–Crippen LogP) is 4.05. The van der Waals surface area contributed by atoms with Gasteiger partial charge in [-0.05, 0) is 36.4 Å². The third-order valence-electron chi connectivity index (χ3n) is 7.07. The predicted molar refractivity (Wildman–Crippen MR) is 154 cm³/mol. The van der Waals surface area contributed by atoms with Gasteiger partial charge in [0.1, 0.15) is 18.3 Å². The molecule has 9 nitrogen and oxygen atoms in total. The third kappa shape index (κ3) is 5.71. The number of β-amino-alcohol motifs (C(OH)–C–C–N with tert-alkyl or cyclic N) is 1. The van der Waals surface area contributed by atoms with Crippen LogP contribution in [0.1, 0.15) is 0 Å². The van der Waals surface area contributed by atoms with E-state index in [0.717, 1.165) is 26.2 Å². The second-order valence-electron chi connectivity index (χ2n) is 9.59. The number of piperazine rings is 1. The molecule has 9 heteroatoms. The van der Waals surface area contributed by atoms with Crippen molar-refractivity contribution in [3.05, 3.63) is 77.0 Å². The topological polar surface area (TPSA) is 93.8 Å². The zero-order valence-corrected chi connectivity index (χ0v) is 23.0. The van der Waals surface area contributed by atoms with Crippen LogP contribution in [-0.2, 0) is 0 Å². The molecule has 1 aliphatic rings. The Labute approximate surface area is 233 Å². The smallest absolute Gasteiger partial charge is 0.235 e. The number of para-hydroxylation sites is 2. The van der Waals surface area contributed by atoms with E-state index in [1.165, 1.54) is 27.0 Å². The molecule has 1 aliphatic heterocycles. The summed E-state index contributed by atoms with van der Waals surface area (Å²) in [6, 6.07) is 20.7. The Bertz CT molecular complexity index is 1470. The number of rotatable bonds is 10. The highest BCUT2D eigenvalue weighted by atomic mass is 16.5. The van der Waals surface area contributed by atoms with Crippen molar-refractivity contribution < 1.29 is 28.5 Å².